The standard InChI is InChI=1S/C57H35N3O3Si/c1-3-15-39(16-4-1)64(40-17-5-2-6-18-40,42-28-29-46-43-20-7-10-23-49(43)63-54(46)35-42)41-19-13-14-36(32-41)55-58-56(37-26-30-52-47(33-37)44-21-8-11-24-50(44)61-52)60-57(59-55)38-27-31-53-48(34-38)45-22-9-12-25-51(45)62-53/h1-35H. The second kappa shape index (κ2) is 14.3. The maximum Gasteiger partial charge on any atom is 0.179 e. The van der Waals surface area contributed by atoms with E-state index >= 15 is 0 Å². The number of benzene rings is 9. The Labute approximate surface area is 367 Å². The Balaban J connectivity index is 1.05. The lowest BCUT2D eigenvalue weighted by atomic mass is 10.1. The van der Waals surface area contributed by atoms with E-state index in [1.165, 1.54) is 20.7 Å². The Morgan fingerprint density at radius 3 is 1.17 bits per heavy atom. The molecule has 0 aliphatic carbocycles. The summed E-state index contributed by atoms with van der Waals surface area (Å²) in [4.78, 5) is 15.8. The summed E-state index contributed by atoms with van der Waals surface area (Å²) in [6.45, 7) is 0. The second-order valence-electron chi connectivity index (χ2n) is 16.3. The molecule has 13 aromatic rings. The average molecular weight is 838 g/mol. The average Bonchev–Trinajstić information content (AvgIpc) is 4.05. The fraction of sp³-hybridized carbons (Fsp3) is 0. The van der Waals surface area contributed by atoms with Gasteiger partial charge in [0.1, 0.15) is 33.5 Å². The molecule has 4 heterocycles. The largest absolute Gasteiger partial charge is 0.456 e. The van der Waals surface area contributed by atoms with Crippen molar-refractivity contribution in [2.75, 3.05) is 0 Å². The van der Waals surface area contributed by atoms with Crippen LogP contribution in [0.5, 0.6) is 0 Å². The van der Waals surface area contributed by atoms with E-state index in [0.29, 0.717) is 17.5 Å². The molecule has 0 unspecified atom stereocenters. The summed E-state index contributed by atoms with van der Waals surface area (Å²) in [5.74, 6) is 1.72. The normalized spacial score (nSPS) is 12.1. The van der Waals surface area contributed by atoms with Crippen molar-refractivity contribution in [3.05, 3.63) is 212 Å². The predicted molar refractivity (Wildman–Crippen MR) is 262 cm³/mol. The number of fused-ring (bicyclic) bond motifs is 9. The van der Waals surface area contributed by atoms with Crippen molar-refractivity contribution < 1.29 is 13.3 Å². The molecule has 0 aliphatic rings. The van der Waals surface area contributed by atoms with Crippen LogP contribution in [0.3, 0.4) is 0 Å². The van der Waals surface area contributed by atoms with E-state index in [9.17, 15) is 0 Å². The van der Waals surface area contributed by atoms with Crippen LogP contribution in [0.25, 0.3) is 100.0 Å². The lowest BCUT2D eigenvalue weighted by molar-refractivity contribution is 0.668. The van der Waals surface area contributed by atoms with E-state index in [2.05, 4.69) is 140 Å². The molecule has 0 saturated heterocycles. The molecule has 6 nitrogen and oxygen atoms in total. The minimum Gasteiger partial charge on any atom is -0.456 e. The van der Waals surface area contributed by atoms with Crippen molar-refractivity contribution in [3.63, 3.8) is 0 Å². The van der Waals surface area contributed by atoms with Gasteiger partial charge in [-0.1, -0.05) is 152 Å². The van der Waals surface area contributed by atoms with Crippen LogP contribution < -0.4 is 20.7 Å². The van der Waals surface area contributed by atoms with Crippen molar-refractivity contribution in [1.29, 1.82) is 0 Å². The monoisotopic (exact) mass is 837 g/mol. The summed E-state index contributed by atoms with van der Waals surface area (Å²) >= 11 is 0. The maximum atomic E-state index is 6.57. The molecule has 0 atom stereocenters. The van der Waals surface area contributed by atoms with Crippen molar-refractivity contribution in [3.8, 4) is 34.2 Å². The van der Waals surface area contributed by atoms with Gasteiger partial charge in [-0.15, -0.1) is 0 Å². The maximum absolute atomic E-state index is 6.57. The summed E-state index contributed by atoms with van der Waals surface area (Å²) in [5.41, 5.74) is 7.68. The molecule has 0 spiro atoms. The minimum atomic E-state index is -3.04. The quantitative estimate of drug-likeness (QED) is 0.118. The van der Waals surface area contributed by atoms with Crippen LogP contribution in [0.15, 0.2) is 226 Å². The van der Waals surface area contributed by atoms with Crippen LogP contribution >= 0.6 is 0 Å². The molecule has 300 valence electrons. The zero-order valence-electron chi connectivity index (χ0n) is 34.3. The summed E-state index contributed by atoms with van der Waals surface area (Å²) in [6.07, 6.45) is 0. The lowest BCUT2D eigenvalue weighted by Crippen LogP contribution is -2.74. The van der Waals surface area contributed by atoms with Crippen LogP contribution in [0.2, 0.25) is 0 Å². The molecule has 4 aromatic heterocycles. The molecule has 13 rings (SSSR count). The first-order chi connectivity index (χ1) is 31.7. The predicted octanol–water partition coefficient (Wildman–Crippen LogP) is 11.9. The highest BCUT2D eigenvalue weighted by Gasteiger charge is 2.42. The van der Waals surface area contributed by atoms with Crippen LogP contribution in [0, 0.1) is 0 Å². The topological polar surface area (TPSA) is 78.1 Å². The Morgan fingerprint density at radius 1 is 0.250 bits per heavy atom. The Kier molecular flexibility index (Phi) is 8.13. The van der Waals surface area contributed by atoms with Gasteiger partial charge in [-0.05, 0) is 81.4 Å². The first-order valence-electron chi connectivity index (χ1n) is 21.4. The first kappa shape index (κ1) is 36.3. The first-order valence-corrected chi connectivity index (χ1v) is 23.4. The van der Waals surface area contributed by atoms with Gasteiger partial charge in [-0.25, -0.2) is 15.0 Å². The van der Waals surface area contributed by atoms with Crippen LogP contribution in [0.1, 0.15) is 0 Å². The Morgan fingerprint density at radius 2 is 0.641 bits per heavy atom. The summed E-state index contributed by atoms with van der Waals surface area (Å²) in [7, 11) is -3.04. The van der Waals surface area contributed by atoms with E-state index < -0.39 is 8.07 Å². The molecular weight excluding hydrogens is 803 g/mol. The number of rotatable bonds is 7. The van der Waals surface area contributed by atoms with Gasteiger partial charge in [0.15, 0.2) is 25.5 Å². The van der Waals surface area contributed by atoms with Gasteiger partial charge in [-0.2, -0.15) is 0 Å². The van der Waals surface area contributed by atoms with E-state index in [1.807, 2.05) is 72.8 Å². The molecule has 0 fully saturated rings. The summed E-state index contributed by atoms with van der Waals surface area (Å²) in [5, 5.41) is 11.2. The van der Waals surface area contributed by atoms with E-state index in [0.717, 1.165) is 82.5 Å². The number of hydrogen-bond acceptors (Lipinski definition) is 6. The van der Waals surface area contributed by atoms with Gasteiger partial charge in [0, 0.05) is 49.0 Å². The van der Waals surface area contributed by atoms with Gasteiger partial charge in [0.05, 0.1) is 0 Å². The highest BCUT2D eigenvalue weighted by molar-refractivity contribution is 7.20. The number of nitrogens with zero attached hydrogens (tertiary/aromatic N) is 3. The van der Waals surface area contributed by atoms with Crippen LogP contribution in [0.4, 0.5) is 0 Å². The summed E-state index contributed by atoms with van der Waals surface area (Å²) in [6, 6.07) is 74.4. The molecule has 0 radical (unpaired) electrons. The number of aromatic nitrogens is 3. The molecule has 9 aromatic carbocycles. The third kappa shape index (κ3) is 5.68. The molecule has 0 N–H and O–H groups in total. The third-order valence-corrected chi connectivity index (χ3v) is 17.4. The molecule has 7 heteroatoms. The van der Waals surface area contributed by atoms with Crippen molar-refractivity contribution in [2.24, 2.45) is 0 Å². The van der Waals surface area contributed by atoms with Crippen molar-refractivity contribution in [1.82, 2.24) is 15.0 Å². The van der Waals surface area contributed by atoms with Gasteiger partial charge in [0.25, 0.3) is 0 Å². The zero-order valence-corrected chi connectivity index (χ0v) is 35.3. The molecule has 0 bridgehead atoms. The second-order valence-corrected chi connectivity index (χ2v) is 20.1. The fourth-order valence-corrected chi connectivity index (χ4v) is 14.5. The number of hydrogen-bond donors (Lipinski definition) is 0. The van der Waals surface area contributed by atoms with Gasteiger partial charge in [0.2, 0.25) is 0 Å². The molecule has 0 amide bonds. The van der Waals surface area contributed by atoms with Crippen molar-refractivity contribution in [2.45, 2.75) is 0 Å². The van der Waals surface area contributed by atoms with Gasteiger partial charge >= 0.3 is 0 Å². The summed E-state index contributed by atoms with van der Waals surface area (Å²) < 4.78 is 19.0. The van der Waals surface area contributed by atoms with Gasteiger partial charge in [-0.3, -0.25) is 0 Å². The van der Waals surface area contributed by atoms with E-state index in [1.54, 1.807) is 0 Å². The lowest BCUT2D eigenvalue weighted by Gasteiger charge is -2.34. The number of furan rings is 3. The third-order valence-electron chi connectivity index (χ3n) is 12.7. The highest BCUT2D eigenvalue weighted by Crippen LogP contribution is 2.35. The fourth-order valence-electron chi connectivity index (χ4n) is 9.72. The molecule has 64 heavy (non-hydrogen) atoms. The molecule has 0 aliphatic heterocycles. The van der Waals surface area contributed by atoms with Gasteiger partial charge < -0.3 is 13.3 Å². The zero-order chi connectivity index (χ0) is 42.2. The molecule has 0 saturated carbocycles. The minimum absolute atomic E-state index is 0.569. The SMILES string of the molecule is c1ccc([Si](c2ccccc2)(c2cccc(-c3nc(-c4ccc5oc6ccccc6c5c4)nc(-c4ccc5oc6ccccc6c5c4)n3)c2)c2ccc3c(c2)oc2ccccc23)cc1. The molecular formula is C57H35N3O3Si. The van der Waals surface area contributed by atoms with E-state index in [-0.39, 0.29) is 0 Å². The highest BCUT2D eigenvalue weighted by atomic mass is 28.3. The smallest absolute Gasteiger partial charge is 0.179 e. The van der Waals surface area contributed by atoms with Crippen LogP contribution in [-0.4, -0.2) is 23.0 Å². The van der Waals surface area contributed by atoms with Crippen molar-refractivity contribution >= 4 is 94.6 Å². The Hall–Kier alpha value is -8.39. The number of para-hydroxylation sites is 3. The van der Waals surface area contributed by atoms with E-state index in [4.69, 9.17) is 28.2 Å². The Bertz CT molecular complexity index is 3760. The van der Waals surface area contributed by atoms with Crippen LogP contribution in [-0.2, 0) is 0 Å².